The summed E-state index contributed by atoms with van der Waals surface area (Å²) in [5.74, 6) is -3.95. The van der Waals surface area contributed by atoms with E-state index in [0.29, 0.717) is 9.64 Å². The lowest BCUT2D eigenvalue weighted by Gasteiger charge is -2.18. The first kappa shape index (κ1) is 20.5. The zero-order valence-electron chi connectivity index (χ0n) is 13.9. The molecular formula is C17H16F3IN2O3. The summed E-state index contributed by atoms with van der Waals surface area (Å²) >= 11 is 1.92. The van der Waals surface area contributed by atoms with Crippen molar-refractivity contribution in [2.75, 3.05) is 11.9 Å². The number of hydrogen-bond donors (Lipinski definition) is 3. The topological polar surface area (TPSA) is 70.6 Å². The molecule has 0 aliphatic rings. The number of hydroxylamine groups is 1. The lowest BCUT2D eigenvalue weighted by Crippen LogP contribution is -2.33. The van der Waals surface area contributed by atoms with E-state index in [1.54, 1.807) is 6.07 Å². The number of benzene rings is 2. The van der Waals surface area contributed by atoms with Crippen LogP contribution in [0.15, 0.2) is 30.3 Å². The molecule has 2 aromatic carbocycles. The number of carbonyl (C=O) groups excluding carboxylic acids is 1. The maximum Gasteiger partial charge on any atom is 0.277 e. The van der Waals surface area contributed by atoms with Crippen LogP contribution in [0.5, 0.6) is 0 Å². The van der Waals surface area contributed by atoms with Crippen molar-refractivity contribution in [1.29, 1.82) is 0 Å². The molecule has 5 nitrogen and oxygen atoms in total. The number of nitrogens with one attached hydrogen (secondary N) is 2. The number of rotatable bonds is 6. The molecule has 0 saturated heterocycles. The van der Waals surface area contributed by atoms with Crippen LogP contribution in [0.1, 0.15) is 24.2 Å². The zero-order chi connectivity index (χ0) is 19.5. The Labute approximate surface area is 161 Å². The minimum Gasteiger partial charge on any atom is -0.388 e. The second-order valence-corrected chi connectivity index (χ2v) is 7.34. The van der Waals surface area contributed by atoms with E-state index in [9.17, 15) is 23.1 Å². The van der Waals surface area contributed by atoms with Gasteiger partial charge in [-0.3, -0.25) is 9.63 Å². The third-order valence-corrected chi connectivity index (χ3v) is 3.77. The fourth-order valence-electron chi connectivity index (χ4n) is 1.91. The molecule has 0 spiro atoms. The second kappa shape index (κ2) is 8.23. The maximum atomic E-state index is 14.0. The van der Waals surface area contributed by atoms with E-state index in [4.69, 9.17) is 4.84 Å². The highest BCUT2D eigenvalue weighted by Gasteiger charge is 2.19. The summed E-state index contributed by atoms with van der Waals surface area (Å²) in [6.45, 7) is 2.70. The second-order valence-electron chi connectivity index (χ2n) is 6.09. The van der Waals surface area contributed by atoms with Crippen LogP contribution >= 0.6 is 22.6 Å². The van der Waals surface area contributed by atoms with Crippen LogP contribution in [0.2, 0.25) is 0 Å². The van der Waals surface area contributed by atoms with Gasteiger partial charge in [0, 0.05) is 9.64 Å². The van der Waals surface area contributed by atoms with E-state index >= 15 is 0 Å². The minimum atomic E-state index is -1.24. The number of amides is 1. The highest BCUT2D eigenvalue weighted by atomic mass is 127. The summed E-state index contributed by atoms with van der Waals surface area (Å²) in [4.78, 5) is 17.1. The Hall–Kier alpha value is -1.85. The van der Waals surface area contributed by atoms with E-state index in [1.807, 2.05) is 28.1 Å². The molecule has 0 aliphatic carbocycles. The first-order valence-electron chi connectivity index (χ1n) is 7.42. The number of aliphatic hydroxyl groups is 1. The Kier molecular flexibility index (Phi) is 6.48. The van der Waals surface area contributed by atoms with Gasteiger partial charge in [0.1, 0.15) is 12.4 Å². The van der Waals surface area contributed by atoms with Crippen molar-refractivity contribution >= 4 is 39.9 Å². The first-order valence-corrected chi connectivity index (χ1v) is 8.50. The Bertz CT molecular complexity index is 826. The molecule has 9 heteroatoms. The van der Waals surface area contributed by atoms with Crippen LogP contribution in [0.25, 0.3) is 0 Å². The summed E-state index contributed by atoms with van der Waals surface area (Å²) in [6.07, 6.45) is 0. The summed E-state index contributed by atoms with van der Waals surface area (Å²) in [5.41, 5.74) is 0.377. The average molecular weight is 480 g/mol. The summed E-state index contributed by atoms with van der Waals surface area (Å²) in [7, 11) is 0. The van der Waals surface area contributed by atoms with Gasteiger partial charge in [-0.1, -0.05) is 0 Å². The fourth-order valence-corrected chi connectivity index (χ4v) is 2.36. The average Bonchev–Trinajstić information content (AvgIpc) is 2.51. The third-order valence-electron chi connectivity index (χ3n) is 3.10. The number of hydrogen-bond acceptors (Lipinski definition) is 4. The van der Waals surface area contributed by atoms with E-state index in [0.717, 1.165) is 6.07 Å². The minimum absolute atomic E-state index is 0.0112. The van der Waals surface area contributed by atoms with Gasteiger partial charge in [0.25, 0.3) is 5.91 Å². The van der Waals surface area contributed by atoms with Crippen molar-refractivity contribution in [3.8, 4) is 0 Å². The SMILES string of the molecule is CC(C)(O)CONC(=O)c1cc(F)c(F)cc1Nc1ccc(I)cc1F. The summed E-state index contributed by atoms with van der Waals surface area (Å²) < 4.78 is 41.8. The van der Waals surface area contributed by atoms with Crippen LogP contribution < -0.4 is 10.8 Å². The molecular weight excluding hydrogens is 464 g/mol. The highest BCUT2D eigenvalue weighted by molar-refractivity contribution is 14.1. The van der Waals surface area contributed by atoms with E-state index < -0.39 is 29.0 Å². The van der Waals surface area contributed by atoms with Crippen molar-refractivity contribution in [2.45, 2.75) is 19.4 Å². The standard InChI is InChI=1S/C17H16F3IN2O3/c1-17(2,25)8-26-23-16(24)10-6-11(18)12(19)7-15(10)22-14-4-3-9(21)5-13(14)20/h3-7,22,25H,8H2,1-2H3,(H,23,24). The van der Waals surface area contributed by atoms with Gasteiger partial charge in [0.15, 0.2) is 11.6 Å². The van der Waals surface area contributed by atoms with Crippen LogP contribution in [0.4, 0.5) is 24.5 Å². The van der Waals surface area contributed by atoms with Crippen molar-refractivity contribution < 1.29 is 27.9 Å². The quantitative estimate of drug-likeness (QED) is 0.434. The molecule has 0 heterocycles. The number of anilines is 2. The van der Waals surface area contributed by atoms with Gasteiger partial charge >= 0.3 is 0 Å². The van der Waals surface area contributed by atoms with Gasteiger partial charge in [-0.2, -0.15) is 0 Å². The van der Waals surface area contributed by atoms with Gasteiger partial charge in [0.05, 0.1) is 22.5 Å². The summed E-state index contributed by atoms with van der Waals surface area (Å²) in [6, 6.07) is 5.68. The largest absolute Gasteiger partial charge is 0.388 e. The van der Waals surface area contributed by atoms with Crippen LogP contribution in [-0.2, 0) is 4.84 Å². The van der Waals surface area contributed by atoms with Gasteiger partial charge in [-0.05, 0) is 60.7 Å². The van der Waals surface area contributed by atoms with Crippen LogP contribution in [-0.4, -0.2) is 23.2 Å². The smallest absolute Gasteiger partial charge is 0.277 e. The molecule has 2 aromatic rings. The molecule has 1 amide bonds. The number of halogens is 4. The van der Waals surface area contributed by atoms with Gasteiger partial charge in [0.2, 0.25) is 0 Å². The monoisotopic (exact) mass is 480 g/mol. The molecule has 0 aromatic heterocycles. The zero-order valence-corrected chi connectivity index (χ0v) is 16.0. The van der Waals surface area contributed by atoms with E-state index in [2.05, 4.69) is 5.32 Å². The van der Waals surface area contributed by atoms with Crippen LogP contribution in [0, 0.1) is 21.0 Å². The predicted molar refractivity (Wildman–Crippen MR) is 98.5 cm³/mol. The van der Waals surface area contributed by atoms with Crippen molar-refractivity contribution in [1.82, 2.24) is 5.48 Å². The van der Waals surface area contributed by atoms with Crippen LogP contribution in [0.3, 0.4) is 0 Å². The molecule has 0 aliphatic heterocycles. The third kappa shape index (κ3) is 5.58. The Morgan fingerprint density at radius 2 is 1.77 bits per heavy atom. The van der Waals surface area contributed by atoms with E-state index in [1.165, 1.54) is 26.0 Å². The van der Waals surface area contributed by atoms with E-state index in [-0.39, 0.29) is 23.5 Å². The molecule has 0 saturated carbocycles. The van der Waals surface area contributed by atoms with Gasteiger partial charge in [-0.15, -0.1) is 0 Å². The normalized spacial score (nSPS) is 11.3. The maximum absolute atomic E-state index is 14.0. The molecule has 0 bridgehead atoms. The Morgan fingerprint density at radius 3 is 2.38 bits per heavy atom. The van der Waals surface area contributed by atoms with Gasteiger partial charge in [-0.25, -0.2) is 18.7 Å². The van der Waals surface area contributed by atoms with Crippen molar-refractivity contribution in [3.63, 3.8) is 0 Å². The predicted octanol–water partition coefficient (Wildman–Crippen LogP) is 3.88. The molecule has 2 rings (SSSR count). The molecule has 0 radical (unpaired) electrons. The lowest BCUT2D eigenvalue weighted by molar-refractivity contribution is -0.0522. The lowest BCUT2D eigenvalue weighted by atomic mass is 10.1. The number of carbonyl (C=O) groups is 1. The molecule has 0 fully saturated rings. The fraction of sp³-hybridized carbons (Fsp3) is 0.235. The Morgan fingerprint density at radius 1 is 1.12 bits per heavy atom. The molecule has 3 N–H and O–H groups in total. The summed E-state index contributed by atoms with van der Waals surface area (Å²) in [5, 5.41) is 12.1. The van der Waals surface area contributed by atoms with Crippen molar-refractivity contribution in [3.05, 3.63) is 56.9 Å². The Balaban J connectivity index is 2.28. The first-order chi connectivity index (χ1) is 12.1. The molecule has 0 atom stereocenters. The molecule has 140 valence electrons. The van der Waals surface area contributed by atoms with Crippen molar-refractivity contribution in [2.24, 2.45) is 0 Å². The molecule has 0 unspecified atom stereocenters. The molecule has 26 heavy (non-hydrogen) atoms. The van der Waals surface area contributed by atoms with Gasteiger partial charge < -0.3 is 10.4 Å². The highest BCUT2D eigenvalue weighted by Crippen LogP contribution is 2.26.